The molecule has 2 aromatic rings. The van der Waals surface area contributed by atoms with Crippen molar-refractivity contribution in [2.75, 3.05) is 0 Å². The summed E-state index contributed by atoms with van der Waals surface area (Å²) < 4.78 is 5.71. The Kier molecular flexibility index (Phi) is 5.26. The van der Waals surface area contributed by atoms with Gasteiger partial charge in [-0.25, -0.2) is 0 Å². The maximum Gasteiger partial charge on any atom is 0.327 e. The molecule has 1 aliphatic rings. The summed E-state index contributed by atoms with van der Waals surface area (Å²) in [7, 11) is 0. The van der Waals surface area contributed by atoms with Gasteiger partial charge in [0.25, 0.3) is 0 Å². The van der Waals surface area contributed by atoms with E-state index >= 15 is 0 Å². The molecule has 154 valence electrons. The van der Waals surface area contributed by atoms with Crippen molar-refractivity contribution >= 4 is 5.97 Å². The Balaban J connectivity index is 2.21. The minimum atomic E-state index is -1.46. The number of benzene rings is 2. The van der Waals surface area contributed by atoms with Crippen molar-refractivity contribution in [2.45, 2.75) is 63.3 Å². The molecule has 1 fully saturated rings. The Hall–Kier alpha value is -2.73. The third-order valence-electron chi connectivity index (χ3n) is 5.67. The summed E-state index contributed by atoms with van der Waals surface area (Å²) >= 11 is 0. The molecule has 3 rings (SSSR count). The van der Waals surface area contributed by atoms with Crippen molar-refractivity contribution in [2.24, 2.45) is 0 Å². The van der Waals surface area contributed by atoms with Gasteiger partial charge in [-0.3, -0.25) is 20.2 Å². The molecule has 0 aromatic heterocycles. The minimum absolute atomic E-state index is 0.259. The van der Waals surface area contributed by atoms with Gasteiger partial charge in [-0.15, -0.1) is 0 Å². The summed E-state index contributed by atoms with van der Waals surface area (Å²) in [5.41, 5.74) is -1.96. The second-order valence-corrected chi connectivity index (χ2v) is 9.02. The van der Waals surface area contributed by atoms with Gasteiger partial charge in [0.05, 0.1) is 5.92 Å². The van der Waals surface area contributed by atoms with Gasteiger partial charge in [0.2, 0.25) is 5.54 Å². The predicted octanol–water partition coefficient (Wildman–Crippen LogP) is 4.25. The lowest BCUT2D eigenvalue weighted by Gasteiger charge is -2.34. The van der Waals surface area contributed by atoms with Crippen LogP contribution in [0.15, 0.2) is 60.7 Å². The van der Waals surface area contributed by atoms with E-state index in [1.807, 2.05) is 60.7 Å². The molecule has 4 atom stereocenters. The number of nitrogens with one attached hydrogen (secondary N) is 1. The molecule has 2 aromatic carbocycles. The van der Waals surface area contributed by atoms with Crippen LogP contribution in [0.3, 0.4) is 0 Å². The van der Waals surface area contributed by atoms with E-state index < -0.39 is 34.6 Å². The van der Waals surface area contributed by atoms with Crippen molar-refractivity contribution in [3.05, 3.63) is 81.9 Å². The van der Waals surface area contributed by atoms with Crippen molar-refractivity contribution < 1.29 is 14.5 Å². The zero-order valence-corrected chi connectivity index (χ0v) is 17.5. The maximum atomic E-state index is 13.3. The Bertz CT molecular complexity index is 894. The van der Waals surface area contributed by atoms with Crippen LogP contribution in [0.1, 0.15) is 57.7 Å². The third kappa shape index (κ3) is 3.65. The SMILES string of the molecule is CC(C)(C)OC(=O)[C@@]1(C)N[C@@H](c2ccccc2)[C@@](C)([N+](=O)[O-])[C@@H]1c1ccccc1. The van der Waals surface area contributed by atoms with Crippen LogP contribution in [0.2, 0.25) is 0 Å². The van der Waals surface area contributed by atoms with E-state index in [0.29, 0.717) is 0 Å². The van der Waals surface area contributed by atoms with Crippen LogP contribution in [0.5, 0.6) is 0 Å². The summed E-state index contributed by atoms with van der Waals surface area (Å²) in [6, 6.07) is 17.8. The molecule has 1 aliphatic heterocycles. The van der Waals surface area contributed by atoms with E-state index in [0.717, 1.165) is 11.1 Å². The van der Waals surface area contributed by atoms with E-state index in [9.17, 15) is 14.9 Å². The van der Waals surface area contributed by atoms with Crippen LogP contribution < -0.4 is 5.32 Å². The summed E-state index contributed by atoms with van der Waals surface area (Å²) in [6.45, 7) is 8.71. The van der Waals surface area contributed by atoms with Gasteiger partial charge < -0.3 is 4.74 Å². The lowest BCUT2D eigenvalue weighted by Crippen LogP contribution is -2.53. The molecular weight excluding hydrogens is 368 g/mol. The Morgan fingerprint density at radius 2 is 1.48 bits per heavy atom. The highest BCUT2D eigenvalue weighted by molar-refractivity contribution is 5.84. The lowest BCUT2D eigenvalue weighted by atomic mass is 9.70. The molecule has 0 aliphatic carbocycles. The van der Waals surface area contributed by atoms with Gasteiger partial charge in [-0.2, -0.15) is 0 Å². The summed E-state index contributed by atoms with van der Waals surface area (Å²) in [5.74, 6) is -1.23. The number of hydrogen-bond donors (Lipinski definition) is 1. The molecule has 1 N–H and O–H groups in total. The van der Waals surface area contributed by atoms with E-state index in [2.05, 4.69) is 5.32 Å². The summed E-state index contributed by atoms with van der Waals surface area (Å²) in [6.07, 6.45) is 0. The Morgan fingerprint density at radius 3 is 1.93 bits per heavy atom. The Labute approximate surface area is 171 Å². The molecule has 0 amide bonds. The molecule has 0 unspecified atom stereocenters. The van der Waals surface area contributed by atoms with Crippen LogP contribution in [0, 0.1) is 10.1 Å². The highest BCUT2D eigenvalue weighted by atomic mass is 16.6. The summed E-state index contributed by atoms with van der Waals surface area (Å²) in [5, 5.41) is 15.8. The largest absolute Gasteiger partial charge is 0.459 e. The maximum absolute atomic E-state index is 13.3. The monoisotopic (exact) mass is 396 g/mol. The molecule has 6 nitrogen and oxygen atoms in total. The van der Waals surface area contributed by atoms with Crippen molar-refractivity contribution in [3.63, 3.8) is 0 Å². The van der Waals surface area contributed by atoms with Gasteiger partial charge in [0, 0.05) is 11.8 Å². The average Bonchev–Trinajstić information content (AvgIpc) is 2.92. The number of nitro groups is 1. The zero-order valence-electron chi connectivity index (χ0n) is 17.5. The van der Waals surface area contributed by atoms with Crippen LogP contribution in [0.4, 0.5) is 0 Å². The molecule has 0 spiro atoms. The van der Waals surface area contributed by atoms with Crippen LogP contribution >= 0.6 is 0 Å². The molecule has 1 saturated heterocycles. The van der Waals surface area contributed by atoms with Crippen LogP contribution in [-0.4, -0.2) is 27.6 Å². The fourth-order valence-electron chi connectivity index (χ4n) is 4.43. The van der Waals surface area contributed by atoms with E-state index in [-0.39, 0.29) is 4.92 Å². The lowest BCUT2D eigenvalue weighted by molar-refractivity contribution is -0.571. The second-order valence-electron chi connectivity index (χ2n) is 9.02. The molecule has 29 heavy (non-hydrogen) atoms. The number of carbonyl (C=O) groups is 1. The molecule has 1 heterocycles. The number of nitrogens with zero attached hydrogens (tertiary/aromatic N) is 1. The predicted molar refractivity (Wildman–Crippen MR) is 111 cm³/mol. The van der Waals surface area contributed by atoms with Crippen molar-refractivity contribution in [1.29, 1.82) is 0 Å². The van der Waals surface area contributed by atoms with E-state index in [4.69, 9.17) is 4.74 Å². The smallest absolute Gasteiger partial charge is 0.327 e. The minimum Gasteiger partial charge on any atom is -0.459 e. The second kappa shape index (κ2) is 7.26. The first kappa shape index (κ1) is 21.0. The van der Waals surface area contributed by atoms with Gasteiger partial charge in [0.1, 0.15) is 17.2 Å². The van der Waals surface area contributed by atoms with Crippen LogP contribution in [-0.2, 0) is 9.53 Å². The first-order chi connectivity index (χ1) is 13.5. The third-order valence-corrected chi connectivity index (χ3v) is 5.67. The van der Waals surface area contributed by atoms with Gasteiger partial charge in [-0.1, -0.05) is 60.7 Å². The number of rotatable bonds is 4. The van der Waals surface area contributed by atoms with Crippen LogP contribution in [0.25, 0.3) is 0 Å². The highest BCUT2D eigenvalue weighted by Crippen LogP contribution is 2.53. The zero-order chi connectivity index (χ0) is 21.4. The standard InChI is InChI=1S/C23H28N2O4/c1-21(2,3)29-20(26)22(4)18(16-12-8-6-9-13-16)23(5,25(27)28)19(24-22)17-14-10-7-11-15-17/h6-15,18-19,24H,1-5H3/t18-,19+,22+,23+/m1/s1. The number of carbonyl (C=O) groups excluding carboxylic acids is 1. The fourth-order valence-corrected chi connectivity index (χ4v) is 4.43. The van der Waals surface area contributed by atoms with Crippen molar-refractivity contribution in [1.82, 2.24) is 5.32 Å². The van der Waals surface area contributed by atoms with E-state index in [1.54, 1.807) is 34.6 Å². The molecule has 0 saturated carbocycles. The highest BCUT2D eigenvalue weighted by Gasteiger charge is 2.69. The first-order valence-electron chi connectivity index (χ1n) is 9.75. The quantitative estimate of drug-likeness (QED) is 0.475. The topological polar surface area (TPSA) is 81.5 Å². The van der Waals surface area contributed by atoms with Gasteiger partial charge >= 0.3 is 5.97 Å². The van der Waals surface area contributed by atoms with E-state index in [1.165, 1.54) is 0 Å². The molecule has 0 radical (unpaired) electrons. The van der Waals surface area contributed by atoms with Gasteiger partial charge in [-0.05, 0) is 38.8 Å². The molecule has 6 heteroatoms. The normalized spacial score (nSPS) is 29.4. The number of esters is 1. The summed E-state index contributed by atoms with van der Waals surface area (Å²) in [4.78, 5) is 25.6. The fraction of sp³-hybridized carbons (Fsp3) is 0.435. The Morgan fingerprint density at radius 1 is 1.00 bits per heavy atom. The first-order valence-corrected chi connectivity index (χ1v) is 9.75. The molecule has 0 bridgehead atoms. The van der Waals surface area contributed by atoms with Crippen molar-refractivity contribution in [3.8, 4) is 0 Å². The molecular formula is C23H28N2O4. The number of ether oxygens (including phenoxy) is 1. The van der Waals surface area contributed by atoms with Gasteiger partial charge in [0.15, 0.2) is 0 Å². The number of hydrogen-bond acceptors (Lipinski definition) is 5. The average molecular weight is 396 g/mol.